The van der Waals surface area contributed by atoms with E-state index in [1.54, 1.807) is 7.11 Å². The summed E-state index contributed by atoms with van der Waals surface area (Å²) in [5.41, 5.74) is 3.28. The van der Waals surface area contributed by atoms with Gasteiger partial charge < -0.3 is 10.1 Å². The first-order chi connectivity index (χ1) is 10.2. The van der Waals surface area contributed by atoms with Crippen molar-refractivity contribution >= 4 is 32.5 Å². The summed E-state index contributed by atoms with van der Waals surface area (Å²) < 4.78 is 6.22. The number of fused-ring (bicyclic) bond motifs is 1. The summed E-state index contributed by atoms with van der Waals surface area (Å²) in [6, 6.07) is 12.5. The maximum Gasteiger partial charge on any atom is 0.133 e. The summed E-state index contributed by atoms with van der Waals surface area (Å²) in [6.07, 6.45) is 1.82. The maximum atomic E-state index is 5.26. The number of aromatic nitrogens is 2. The predicted molar refractivity (Wildman–Crippen MR) is 88.8 cm³/mol. The van der Waals surface area contributed by atoms with Crippen molar-refractivity contribution in [3.8, 4) is 5.75 Å². The lowest BCUT2D eigenvalue weighted by Crippen LogP contribution is -2.06. The number of benzene rings is 2. The van der Waals surface area contributed by atoms with Gasteiger partial charge in [-0.3, -0.25) is 5.10 Å². The molecule has 0 aliphatic carbocycles. The molecule has 0 radical (unpaired) electrons. The Labute approximate surface area is 131 Å². The Kier molecular flexibility index (Phi) is 3.84. The van der Waals surface area contributed by atoms with Crippen LogP contribution in [0, 0.1) is 0 Å². The van der Waals surface area contributed by atoms with Crippen molar-refractivity contribution in [3.05, 3.63) is 52.6 Å². The van der Waals surface area contributed by atoms with Gasteiger partial charge in [-0.25, -0.2) is 0 Å². The number of hydrogen-bond donors (Lipinski definition) is 2. The molecular formula is C16H16BrN3O. The highest BCUT2D eigenvalue weighted by atomic mass is 79.9. The van der Waals surface area contributed by atoms with Gasteiger partial charge in [0.25, 0.3) is 0 Å². The molecule has 3 aromatic rings. The largest absolute Gasteiger partial charge is 0.496 e. The average molecular weight is 346 g/mol. The molecule has 4 nitrogen and oxygen atoms in total. The van der Waals surface area contributed by atoms with E-state index in [1.165, 1.54) is 5.56 Å². The first kappa shape index (κ1) is 13.9. The zero-order valence-corrected chi connectivity index (χ0v) is 13.4. The smallest absolute Gasteiger partial charge is 0.133 e. The summed E-state index contributed by atoms with van der Waals surface area (Å²) >= 11 is 3.52. The van der Waals surface area contributed by atoms with Gasteiger partial charge in [-0.05, 0) is 58.7 Å². The standard InChI is InChI=1S/C16H16BrN3O/c1-10(11-4-6-16(21-2)14(17)7-11)19-13-5-3-12-9-18-20-15(12)8-13/h3-10,19H,1-2H3,(H,18,20). The predicted octanol–water partition coefficient (Wildman–Crippen LogP) is 4.51. The van der Waals surface area contributed by atoms with E-state index in [2.05, 4.69) is 68.7 Å². The number of halogens is 1. The lowest BCUT2D eigenvalue weighted by Gasteiger charge is -2.17. The molecule has 1 heterocycles. The monoisotopic (exact) mass is 345 g/mol. The van der Waals surface area contributed by atoms with Crippen molar-refractivity contribution in [2.45, 2.75) is 13.0 Å². The molecule has 21 heavy (non-hydrogen) atoms. The van der Waals surface area contributed by atoms with E-state index in [-0.39, 0.29) is 6.04 Å². The molecule has 2 N–H and O–H groups in total. The van der Waals surface area contributed by atoms with Crippen LogP contribution in [-0.2, 0) is 0 Å². The molecule has 108 valence electrons. The van der Waals surface area contributed by atoms with Gasteiger partial charge in [-0.15, -0.1) is 0 Å². The van der Waals surface area contributed by atoms with Gasteiger partial charge >= 0.3 is 0 Å². The fraction of sp³-hybridized carbons (Fsp3) is 0.188. The number of H-pyrrole nitrogens is 1. The maximum absolute atomic E-state index is 5.26. The number of hydrogen-bond acceptors (Lipinski definition) is 3. The number of nitrogens with zero attached hydrogens (tertiary/aromatic N) is 1. The zero-order valence-electron chi connectivity index (χ0n) is 11.9. The van der Waals surface area contributed by atoms with Crippen LogP contribution in [0.4, 0.5) is 5.69 Å². The van der Waals surface area contributed by atoms with E-state index >= 15 is 0 Å². The third-order valence-corrected chi connectivity index (χ3v) is 4.12. The van der Waals surface area contributed by atoms with E-state index in [4.69, 9.17) is 4.74 Å². The number of aromatic amines is 1. The number of ether oxygens (including phenoxy) is 1. The highest BCUT2D eigenvalue weighted by Crippen LogP contribution is 2.29. The normalized spacial score (nSPS) is 12.3. The Morgan fingerprint density at radius 2 is 2.10 bits per heavy atom. The van der Waals surface area contributed by atoms with Gasteiger partial charge in [0.05, 0.1) is 23.3 Å². The molecule has 1 unspecified atom stereocenters. The van der Waals surface area contributed by atoms with Crippen LogP contribution in [0.1, 0.15) is 18.5 Å². The average Bonchev–Trinajstić information content (AvgIpc) is 2.94. The van der Waals surface area contributed by atoms with Crippen molar-refractivity contribution < 1.29 is 4.74 Å². The van der Waals surface area contributed by atoms with Gasteiger partial charge in [0.2, 0.25) is 0 Å². The first-order valence-corrected chi connectivity index (χ1v) is 7.50. The van der Waals surface area contributed by atoms with Crippen molar-refractivity contribution in [2.24, 2.45) is 0 Å². The van der Waals surface area contributed by atoms with Crippen LogP contribution in [0.5, 0.6) is 5.75 Å². The molecule has 2 aromatic carbocycles. The molecular weight excluding hydrogens is 330 g/mol. The lowest BCUT2D eigenvalue weighted by atomic mass is 10.1. The minimum Gasteiger partial charge on any atom is -0.496 e. The SMILES string of the molecule is COc1ccc(C(C)Nc2ccc3cn[nH]c3c2)cc1Br. The summed E-state index contributed by atoms with van der Waals surface area (Å²) in [5.74, 6) is 0.838. The Morgan fingerprint density at radius 3 is 2.86 bits per heavy atom. The Bertz CT molecular complexity index is 769. The third kappa shape index (κ3) is 2.88. The molecule has 0 aliphatic rings. The molecule has 0 spiro atoms. The van der Waals surface area contributed by atoms with E-state index in [9.17, 15) is 0 Å². The summed E-state index contributed by atoms with van der Waals surface area (Å²) in [6.45, 7) is 2.13. The highest BCUT2D eigenvalue weighted by Gasteiger charge is 2.09. The highest BCUT2D eigenvalue weighted by molar-refractivity contribution is 9.10. The second-order valence-electron chi connectivity index (χ2n) is 4.93. The molecule has 0 bridgehead atoms. The molecule has 0 aliphatic heterocycles. The second kappa shape index (κ2) is 5.77. The van der Waals surface area contributed by atoms with E-state index < -0.39 is 0 Å². The van der Waals surface area contributed by atoms with Crippen molar-refractivity contribution in [2.75, 3.05) is 12.4 Å². The number of rotatable bonds is 4. The fourth-order valence-corrected chi connectivity index (χ4v) is 2.87. The quantitative estimate of drug-likeness (QED) is 0.731. The van der Waals surface area contributed by atoms with Gasteiger partial charge in [-0.1, -0.05) is 6.07 Å². The van der Waals surface area contributed by atoms with Gasteiger partial charge in [0, 0.05) is 17.1 Å². The van der Waals surface area contributed by atoms with Gasteiger partial charge in [-0.2, -0.15) is 5.10 Å². The molecule has 1 aromatic heterocycles. The van der Waals surface area contributed by atoms with Crippen molar-refractivity contribution in [1.29, 1.82) is 0 Å². The summed E-state index contributed by atoms with van der Waals surface area (Å²) in [7, 11) is 1.67. The Morgan fingerprint density at radius 1 is 1.24 bits per heavy atom. The third-order valence-electron chi connectivity index (χ3n) is 3.50. The van der Waals surface area contributed by atoms with Gasteiger partial charge in [0.15, 0.2) is 0 Å². The molecule has 0 amide bonds. The van der Waals surface area contributed by atoms with Crippen LogP contribution in [0.25, 0.3) is 10.9 Å². The lowest BCUT2D eigenvalue weighted by molar-refractivity contribution is 0.412. The molecule has 3 rings (SSSR count). The van der Waals surface area contributed by atoms with Crippen LogP contribution >= 0.6 is 15.9 Å². The Hall–Kier alpha value is -2.01. The van der Waals surface area contributed by atoms with E-state index in [1.807, 2.05) is 12.3 Å². The van der Waals surface area contributed by atoms with Crippen LogP contribution in [0.2, 0.25) is 0 Å². The minimum atomic E-state index is 0.188. The Balaban J connectivity index is 1.81. The fourth-order valence-electron chi connectivity index (χ4n) is 2.31. The molecule has 5 heteroatoms. The minimum absolute atomic E-state index is 0.188. The molecule has 1 atom stereocenters. The van der Waals surface area contributed by atoms with Crippen LogP contribution in [-0.4, -0.2) is 17.3 Å². The topological polar surface area (TPSA) is 49.9 Å². The van der Waals surface area contributed by atoms with Crippen LogP contribution in [0.3, 0.4) is 0 Å². The van der Waals surface area contributed by atoms with Crippen molar-refractivity contribution in [3.63, 3.8) is 0 Å². The summed E-state index contributed by atoms with van der Waals surface area (Å²) in [4.78, 5) is 0. The molecule has 0 saturated heterocycles. The molecule has 0 fully saturated rings. The summed E-state index contributed by atoms with van der Waals surface area (Å²) in [5, 5.41) is 11.6. The van der Waals surface area contributed by atoms with E-state index in [0.29, 0.717) is 0 Å². The van der Waals surface area contributed by atoms with E-state index in [0.717, 1.165) is 26.8 Å². The zero-order chi connectivity index (χ0) is 14.8. The number of nitrogens with one attached hydrogen (secondary N) is 2. The van der Waals surface area contributed by atoms with Crippen LogP contribution in [0.15, 0.2) is 47.1 Å². The number of methoxy groups -OCH3 is 1. The van der Waals surface area contributed by atoms with Crippen molar-refractivity contribution in [1.82, 2.24) is 10.2 Å². The molecule has 0 saturated carbocycles. The van der Waals surface area contributed by atoms with Gasteiger partial charge in [0.1, 0.15) is 5.75 Å². The number of anilines is 1. The second-order valence-corrected chi connectivity index (χ2v) is 5.79. The van der Waals surface area contributed by atoms with Crippen LogP contribution < -0.4 is 10.1 Å². The first-order valence-electron chi connectivity index (χ1n) is 6.70.